The fourth-order valence-electron chi connectivity index (χ4n) is 3.37. The second-order valence-corrected chi connectivity index (χ2v) is 5.60. The Bertz CT molecular complexity index is 983. The highest BCUT2D eigenvalue weighted by molar-refractivity contribution is 5.99. The van der Waals surface area contributed by atoms with E-state index < -0.39 is 0 Å². The molecule has 0 aliphatic carbocycles. The van der Waals surface area contributed by atoms with Gasteiger partial charge >= 0.3 is 6.17 Å². The third-order valence-electron chi connectivity index (χ3n) is 4.25. The quantitative estimate of drug-likeness (QED) is 0.341. The van der Waals surface area contributed by atoms with Crippen LogP contribution in [0.4, 0.5) is 0 Å². The molecule has 1 aliphatic rings. The van der Waals surface area contributed by atoms with E-state index in [-0.39, 0.29) is 6.17 Å². The molecule has 3 heterocycles. The van der Waals surface area contributed by atoms with E-state index >= 15 is 0 Å². The lowest BCUT2D eigenvalue weighted by Crippen LogP contribution is -2.50. The van der Waals surface area contributed by atoms with Gasteiger partial charge in [0.25, 0.3) is 11.0 Å². The molecular weight excluding hydrogens is 268 g/mol. The number of rotatable bonds is 0. The van der Waals surface area contributed by atoms with Crippen LogP contribution >= 0.6 is 0 Å². The molecule has 0 N–H and O–H groups in total. The van der Waals surface area contributed by atoms with Crippen LogP contribution in [0.3, 0.4) is 0 Å². The summed E-state index contributed by atoms with van der Waals surface area (Å²) in [5, 5.41) is 2.47. The lowest BCUT2D eigenvalue weighted by molar-refractivity contribution is -0.902. The molecule has 1 aromatic carbocycles. The van der Waals surface area contributed by atoms with Crippen LogP contribution in [-0.4, -0.2) is 0 Å². The van der Waals surface area contributed by atoms with Crippen molar-refractivity contribution in [3.8, 4) is 23.7 Å². The third kappa shape index (κ3) is 1.65. The first-order valence-corrected chi connectivity index (χ1v) is 7.45. The van der Waals surface area contributed by atoms with E-state index in [2.05, 4.69) is 76.4 Å². The van der Waals surface area contributed by atoms with Crippen LogP contribution in [0.1, 0.15) is 38.1 Å². The normalized spacial score (nSPS) is 12.3. The molecule has 0 saturated heterocycles. The molecule has 0 atom stereocenters. The maximum Gasteiger partial charge on any atom is 0.350 e. The highest BCUT2D eigenvalue weighted by atomic mass is 15.2. The number of pyridine rings is 2. The summed E-state index contributed by atoms with van der Waals surface area (Å²) in [4.78, 5) is 0. The van der Waals surface area contributed by atoms with E-state index in [1.807, 2.05) is 13.8 Å². The summed E-state index contributed by atoms with van der Waals surface area (Å²) < 4.78 is 4.64. The van der Waals surface area contributed by atoms with Crippen molar-refractivity contribution < 1.29 is 9.13 Å². The Morgan fingerprint density at radius 1 is 0.818 bits per heavy atom. The van der Waals surface area contributed by atoms with Crippen LogP contribution in [0.5, 0.6) is 0 Å². The average Bonchev–Trinajstić information content (AvgIpc) is 2.80. The molecule has 2 aromatic heterocycles. The first kappa shape index (κ1) is 12.9. The SMILES string of the molecule is CC#Cc1cc2ccc3cc(C#CC)c[n+]4c3c2[n+](c1)C4C. The van der Waals surface area contributed by atoms with E-state index in [1.54, 1.807) is 0 Å². The summed E-state index contributed by atoms with van der Waals surface area (Å²) in [5.41, 5.74) is 4.68. The molecule has 2 nitrogen and oxygen atoms in total. The molecule has 0 unspecified atom stereocenters. The molecule has 22 heavy (non-hydrogen) atoms. The second kappa shape index (κ2) is 4.58. The molecule has 0 spiro atoms. The number of benzene rings is 1. The molecule has 0 bridgehead atoms. The summed E-state index contributed by atoms with van der Waals surface area (Å²) in [6.07, 6.45) is 4.54. The van der Waals surface area contributed by atoms with E-state index in [0.717, 1.165) is 11.1 Å². The van der Waals surface area contributed by atoms with Crippen molar-refractivity contribution in [2.24, 2.45) is 0 Å². The third-order valence-corrected chi connectivity index (χ3v) is 4.25. The number of aromatic nitrogens is 2. The highest BCUT2D eigenvalue weighted by Crippen LogP contribution is 2.26. The predicted octanol–water partition coefficient (Wildman–Crippen LogP) is 2.69. The van der Waals surface area contributed by atoms with Gasteiger partial charge in [0.2, 0.25) is 0 Å². The van der Waals surface area contributed by atoms with Gasteiger partial charge in [-0.15, -0.1) is 21.0 Å². The van der Waals surface area contributed by atoms with Crippen LogP contribution in [0.2, 0.25) is 0 Å². The van der Waals surface area contributed by atoms with Gasteiger partial charge in [-0.3, -0.25) is 0 Å². The number of hydrogen-bond acceptors (Lipinski definition) is 0. The standard InChI is InChI=1S/C20H16N2/c1-4-6-15-10-17-8-9-18-11-16(7-5-2)13-22-14(3)21(12-15)19(17)20(18)22/h8-14H,1-3H3/q+2. The molecule has 0 saturated carbocycles. The van der Waals surface area contributed by atoms with Crippen molar-refractivity contribution in [2.75, 3.05) is 0 Å². The zero-order valence-corrected chi connectivity index (χ0v) is 12.9. The van der Waals surface area contributed by atoms with Gasteiger partial charge in [0.1, 0.15) is 0 Å². The molecule has 3 aromatic rings. The van der Waals surface area contributed by atoms with E-state index in [0.29, 0.717) is 0 Å². The van der Waals surface area contributed by atoms with Gasteiger partial charge < -0.3 is 0 Å². The molecule has 1 aliphatic heterocycles. The van der Waals surface area contributed by atoms with Crippen molar-refractivity contribution in [3.63, 3.8) is 0 Å². The first-order chi connectivity index (χ1) is 10.7. The van der Waals surface area contributed by atoms with Gasteiger partial charge in [0.15, 0.2) is 12.4 Å². The van der Waals surface area contributed by atoms with Crippen molar-refractivity contribution >= 4 is 21.8 Å². The van der Waals surface area contributed by atoms with Gasteiger partial charge in [-0.25, -0.2) is 0 Å². The van der Waals surface area contributed by atoms with Crippen LogP contribution in [0.25, 0.3) is 21.8 Å². The van der Waals surface area contributed by atoms with Crippen LogP contribution in [0.15, 0.2) is 36.7 Å². The molecular formula is C20H16N2+2. The largest absolute Gasteiger partial charge is 0.350 e. The molecule has 0 fully saturated rings. The van der Waals surface area contributed by atoms with Crippen molar-refractivity contribution in [1.29, 1.82) is 0 Å². The van der Waals surface area contributed by atoms with E-state index in [1.165, 1.54) is 21.8 Å². The fourth-order valence-corrected chi connectivity index (χ4v) is 3.37. The van der Waals surface area contributed by atoms with Crippen LogP contribution < -0.4 is 9.13 Å². The minimum atomic E-state index is 0.236. The van der Waals surface area contributed by atoms with Gasteiger partial charge in [0.05, 0.1) is 28.8 Å². The Hall–Kier alpha value is -2.84. The van der Waals surface area contributed by atoms with Gasteiger partial charge in [-0.1, -0.05) is 11.8 Å². The Morgan fingerprint density at radius 2 is 1.27 bits per heavy atom. The zero-order valence-electron chi connectivity index (χ0n) is 12.9. The monoisotopic (exact) mass is 284 g/mol. The minimum absolute atomic E-state index is 0.236. The van der Waals surface area contributed by atoms with Crippen LogP contribution in [-0.2, 0) is 0 Å². The molecule has 2 heteroatoms. The van der Waals surface area contributed by atoms with Gasteiger partial charge in [-0.05, 0) is 38.1 Å². The lowest BCUT2D eigenvalue weighted by atomic mass is 10.1. The summed E-state index contributed by atoms with van der Waals surface area (Å²) in [7, 11) is 0. The highest BCUT2D eigenvalue weighted by Gasteiger charge is 2.38. The topological polar surface area (TPSA) is 7.76 Å². The Labute approximate surface area is 130 Å². The second-order valence-electron chi connectivity index (χ2n) is 5.60. The Balaban J connectivity index is 2.14. The maximum absolute atomic E-state index is 3.18. The lowest BCUT2D eigenvalue weighted by Gasteiger charge is -1.97. The molecule has 0 radical (unpaired) electrons. The number of nitrogens with zero attached hydrogens (tertiary/aromatic N) is 2. The smallest absolute Gasteiger partial charge is 0.129 e. The Kier molecular flexibility index (Phi) is 2.68. The maximum atomic E-state index is 3.18. The fraction of sp³-hybridized carbons (Fsp3) is 0.200. The zero-order chi connectivity index (χ0) is 15.3. The average molecular weight is 284 g/mol. The summed E-state index contributed by atoms with van der Waals surface area (Å²) in [6, 6.07) is 8.70. The van der Waals surface area contributed by atoms with Gasteiger partial charge in [-0.2, -0.15) is 0 Å². The minimum Gasteiger partial charge on any atom is -0.129 e. The van der Waals surface area contributed by atoms with Crippen molar-refractivity contribution in [3.05, 3.63) is 47.8 Å². The number of hydrogen-bond donors (Lipinski definition) is 0. The molecule has 0 amide bonds. The summed E-state index contributed by atoms with van der Waals surface area (Å²) in [6.45, 7) is 5.96. The predicted molar refractivity (Wildman–Crippen MR) is 87.1 cm³/mol. The van der Waals surface area contributed by atoms with E-state index in [9.17, 15) is 0 Å². The van der Waals surface area contributed by atoms with Crippen molar-refractivity contribution in [1.82, 2.24) is 0 Å². The van der Waals surface area contributed by atoms with Crippen LogP contribution in [0, 0.1) is 23.7 Å². The Morgan fingerprint density at radius 3 is 1.68 bits per heavy atom. The summed E-state index contributed by atoms with van der Waals surface area (Å²) >= 11 is 0. The molecule has 4 rings (SSSR count). The summed E-state index contributed by atoms with van der Waals surface area (Å²) in [5.74, 6) is 12.3. The van der Waals surface area contributed by atoms with Crippen molar-refractivity contribution in [2.45, 2.75) is 26.9 Å². The van der Waals surface area contributed by atoms with Gasteiger partial charge in [0, 0.05) is 0 Å². The van der Waals surface area contributed by atoms with E-state index in [4.69, 9.17) is 0 Å². The molecule has 104 valence electrons. The first-order valence-electron chi connectivity index (χ1n) is 7.45.